The molecule has 1 aliphatic carbocycles. The van der Waals surface area contributed by atoms with Gasteiger partial charge in [-0.3, -0.25) is 0 Å². The number of benzene rings is 2. The number of nitrogens with zero attached hydrogens (tertiary/aromatic N) is 1. The quantitative estimate of drug-likeness (QED) is 0.360. The Bertz CT molecular complexity index is 1330. The number of hydrogen-bond acceptors (Lipinski definition) is 5. The van der Waals surface area contributed by atoms with Crippen LogP contribution >= 0.6 is 0 Å². The fourth-order valence-electron chi connectivity index (χ4n) is 4.55. The van der Waals surface area contributed by atoms with E-state index in [0.717, 1.165) is 52.7 Å². The SMILES string of the molecule is CC(C)(C)OC(=O)NC1(c2ccc(-c3oc4ncc(N)cc4c3-c3ccccc3)cc2)CCC1. The maximum atomic E-state index is 12.5. The van der Waals surface area contributed by atoms with Crippen LogP contribution < -0.4 is 11.1 Å². The zero-order valence-electron chi connectivity index (χ0n) is 19.7. The van der Waals surface area contributed by atoms with Crippen molar-refractivity contribution in [2.45, 2.75) is 51.2 Å². The Morgan fingerprint density at radius 1 is 1.06 bits per heavy atom. The Balaban J connectivity index is 1.52. The van der Waals surface area contributed by atoms with Crippen molar-refractivity contribution in [3.05, 3.63) is 72.4 Å². The van der Waals surface area contributed by atoms with Crippen LogP contribution in [0.5, 0.6) is 0 Å². The lowest BCUT2D eigenvalue weighted by molar-refractivity contribution is 0.0377. The second kappa shape index (κ2) is 8.20. The first kappa shape index (κ1) is 22.0. The van der Waals surface area contributed by atoms with Crippen molar-refractivity contribution >= 4 is 22.9 Å². The average Bonchev–Trinajstić information content (AvgIpc) is 3.14. The van der Waals surface area contributed by atoms with E-state index in [-0.39, 0.29) is 6.09 Å². The number of fused-ring (bicyclic) bond motifs is 1. The Hall–Kier alpha value is -3.80. The third kappa shape index (κ3) is 4.12. The summed E-state index contributed by atoms with van der Waals surface area (Å²) in [5.41, 5.74) is 10.2. The molecule has 6 nitrogen and oxygen atoms in total. The smallest absolute Gasteiger partial charge is 0.408 e. The van der Waals surface area contributed by atoms with Gasteiger partial charge in [0.15, 0.2) is 0 Å². The minimum atomic E-state index is -0.536. The van der Waals surface area contributed by atoms with Gasteiger partial charge in [-0.15, -0.1) is 0 Å². The zero-order valence-corrected chi connectivity index (χ0v) is 19.7. The molecule has 2 aromatic carbocycles. The minimum absolute atomic E-state index is 0.386. The Morgan fingerprint density at radius 3 is 2.38 bits per heavy atom. The van der Waals surface area contributed by atoms with Crippen molar-refractivity contribution in [2.24, 2.45) is 0 Å². The molecule has 1 amide bonds. The molecule has 174 valence electrons. The van der Waals surface area contributed by atoms with E-state index in [1.54, 1.807) is 6.20 Å². The monoisotopic (exact) mass is 455 g/mol. The van der Waals surface area contributed by atoms with Crippen LogP contribution in [0.25, 0.3) is 33.6 Å². The van der Waals surface area contributed by atoms with Gasteiger partial charge in [-0.25, -0.2) is 9.78 Å². The van der Waals surface area contributed by atoms with Crippen LogP contribution in [0.3, 0.4) is 0 Å². The lowest BCUT2D eigenvalue weighted by atomic mass is 9.71. The maximum absolute atomic E-state index is 12.5. The van der Waals surface area contributed by atoms with Crippen molar-refractivity contribution < 1.29 is 13.9 Å². The third-order valence-electron chi connectivity index (χ3n) is 6.28. The van der Waals surface area contributed by atoms with Crippen molar-refractivity contribution in [2.75, 3.05) is 5.73 Å². The summed E-state index contributed by atoms with van der Waals surface area (Å²) in [4.78, 5) is 16.9. The average molecular weight is 456 g/mol. The second-order valence-electron chi connectivity index (χ2n) is 9.93. The summed E-state index contributed by atoms with van der Waals surface area (Å²) in [6.07, 6.45) is 4.05. The van der Waals surface area contributed by atoms with Crippen LogP contribution in [0.1, 0.15) is 45.6 Å². The molecule has 2 aromatic heterocycles. The number of hydrogen-bond donors (Lipinski definition) is 2. The van der Waals surface area contributed by atoms with E-state index in [2.05, 4.69) is 34.6 Å². The van der Waals surface area contributed by atoms with Gasteiger partial charge in [-0.05, 0) is 57.2 Å². The number of nitrogens with two attached hydrogens (primary N) is 1. The van der Waals surface area contributed by atoms with E-state index in [0.29, 0.717) is 11.4 Å². The van der Waals surface area contributed by atoms with Gasteiger partial charge in [0, 0.05) is 11.1 Å². The Kier molecular flexibility index (Phi) is 5.31. The molecule has 1 aliphatic rings. The number of aromatic nitrogens is 1. The Morgan fingerprint density at radius 2 is 1.76 bits per heavy atom. The number of nitrogens with one attached hydrogen (secondary N) is 1. The fourth-order valence-corrected chi connectivity index (χ4v) is 4.55. The number of furan rings is 1. The largest absolute Gasteiger partial charge is 0.444 e. The molecular formula is C28H29N3O3. The van der Waals surface area contributed by atoms with E-state index in [1.165, 1.54) is 0 Å². The standard InChI is InChI=1S/C28H29N3O3/c1-27(2,3)34-26(32)31-28(14-7-15-28)20-12-10-19(11-13-20)24-23(18-8-5-4-6-9-18)22-16-21(29)17-30-25(22)33-24/h4-6,8-13,16-17H,7,14-15,29H2,1-3H3,(H,31,32). The van der Waals surface area contributed by atoms with Gasteiger partial charge in [0.05, 0.1) is 22.8 Å². The van der Waals surface area contributed by atoms with E-state index in [9.17, 15) is 4.79 Å². The van der Waals surface area contributed by atoms with Crippen LogP contribution in [-0.4, -0.2) is 16.7 Å². The third-order valence-corrected chi connectivity index (χ3v) is 6.28. The summed E-state index contributed by atoms with van der Waals surface area (Å²) in [6.45, 7) is 5.61. The molecule has 3 N–H and O–H groups in total. The molecule has 0 radical (unpaired) electrons. The van der Waals surface area contributed by atoms with Crippen molar-refractivity contribution in [1.29, 1.82) is 0 Å². The first-order chi connectivity index (χ1) is 16.2. The number of pyridine rings is 1. The highest BCUT2D eigenvalue weighted by Crippen LogP contribution is 2.44. The fraction of sp³-hybridized carbons (Fsp3) is 0.286. The number of alkyl carbamates (subject to hydrolysis) is 1. The van der Waals surface area contributed by atoms with Crippen LogP contribution in [0.4, 0.5) is 10.5 Å². The number of carbonyl (C=O) groups excluding carboxylic acids is 1. The summed E-state index contributed by atoms with van der Waals surface area (Å²) in [5.74, 6) is 0.744. The molecular weight excluding hydrogens is 426 g/mol. The summed E-state index contributed by atoms with van der Waals surface area (Å²) >= 11 is 0. The highest BCUT2D eigenvalue weighted by atomic mass is 16.6. The van der Waals surface area contributed by atoms with Gasteiger partial charge in [-0.1, -0.05) is 54.6 Å². The van der Waals surface area contributed by atoms with Crippen molar-refractivity contribution in [3.63, 3.8) is 0 Å². The number of ether oxygens (including phenoxy) is 1. The molecule has 34 heavy (non-hydrogen) atoms. The molecule has 1 fully saturated rings. The predicted molar refractivity (Wildman–Crippen MR) is 134 cm³/mol. The first-order valence-electron chi connectivity index (χ1n) is 11.6. The van der Waals surface area contributed by atoms with Crippen LogP contribution in [0.2, 0.25) is 0 Å². The van der Waals surface area contributed by atoms with Crippen LogP contribution in [0, 0.1) is 0 Å². The van der Waals surface area contributed by atoms with Gasteiger partial charge in [-0.2, -0.15) is 0 Å². The van der Waals surface area contributed by atoms with Gasteiger partial charge in [0.1, 0.15) is 11.4 Å². The van der Waals surface area contributed by atoms with Crippen LogP contribution in [0.15, 0.2) is 71.3 Å². The normalized spacial score (nSPS) is 15.0. The van der Waals surface area contributed by atoms with Crippen molar-refractivity contribution in [3.8, 4) is 22.5 Å². The summed E-state index contributed by atoms with van der Waals surface area (Å²) < 4.78 is 11.7. The summed E-state index contributed by atoms with van der Waals surface area (Å²) in [5, 5.41) is 4.00. The summed E-state index contributed by atoms with van der Waals surface area (Å²) in [6, 6.07) is 20.2. The number of carbonyl (C=O) groups is 1. The molecule has 0 unspecified atom stereocenters. The van der Waals surface area contributed by atoms with Crippen LogP contribution in [-0.2, 0) is 10.3 Å². The van der Waals surface area contributed by atoms with Gasteiger partial charge >= 0.3 is 6.09 Å². The first-order valence-corrected chi connectivity index (χ1v) is 11.6. The number of nitrogen functional groups attached to an aromatic ring is 1. The molecule has 1 saturated carbocycles. The molecule has 5 rings (SSSR count). The van der Waals surface area contributed by atoms with Gasteiger partial charge in [0.2, 0.25) is 5.71 Å². The lowest BCUT2D eigenvalue weighted by Crippen LogP contribution is -2.52. The Labute approximate surface area is 199 Å². The number of rotatable bonds is 4. The maximum Gasteiger partial charge on any atom is 0.408 e. The molecule has 0 atom stereocenters. The molecule has 0 saturated heterocycles. The molecule has 2 heterocycles. The molecule has 6 heteroatoms. The molecule has 0 bridgehead atoms. The van der Waals surface area contributed by atoms with E-state index < -0.39 is 11.1 Å². The van der Waals surface area contributed by atoms with Crippen molar-refractivity contribution in [1.82, 2.24) is 10.3 Å². The molecule has 4 aromatic rings. The second-order valence-corrected chi connectivity index (χ2v) is 9.93. The number of amides is 1. The zero-order chi connectivity index (χ0) is 23.9. The number of anilines is 1. The lowest BCUT2D eigenvalue weighted by Gasteiger charge is -2.43. The highest BCUT2D eigenvalue weighted by molar-refractivity contribution is 6.01. The van der Waals surface area contributed by atoms with Gasteiger partial charge in [0.25, 0.3) is 0 Å². The topological polar surface area (TPSA) is 90.4 Å². The molecule has 0 aliphatic heterocycles. The predicted octanol–water partition coefficient (Wildman–Crippen LogP) is 6.65. The van der Waals surface area contributed by atoms with E-state index in [1.807, 2.05) is 57.2 Å². The highest BCUT2D eigenvalue weighted by Gasteiger charge is 2.41. The molecule has 0 spiro atoms. The van der Waals surface area contributed by atoms with Gasteiger partial charge < -0.3 is 20.2 Å². The minimum Gasteiger partial charge on any atom is -0.444 e. The van der Waals surface area contributed by atoms with E-state index >= 15 is 0 Å². The summed E-state index contributed by atoms with van der Waals surface area (Å²) in [7, 11) is 0. The van der Waals surface area contributed by atoms with E-state index in [4.69, 9.17) is 14.9 Å².